The van der Waals surface area contributed by atoms with E-state index in [1.807, 2.05) is 43.3 Å². The van der Waals surface area contributed by atoms with Crippen LogP contribution in [0.15, 0.2) is 48.0 Å². The summed E-state index contributed by atoms with van der Waals surface area (Å²) in [5, 5.41) is 2.31. The number of amides is 4. The minimum atomic E-state index is -0.684. The van der Waals surface area contributed by atoms with Crippen molar-refractivity contribution in [1.29, 1.82) is 0 Å². The lowest BCUT2D eigenvalue weighted by Gasteiger charge is -2.31. The van der Waals surface area contributed by atoms with E-state index in [9.17, 15) is 14.4 Å². The zero-order valence-electron chi connectivity index (χ0n) is 18.3. The van der Waals surface area contributed by atoms with Crippen LogP contribution in [0.2, 0.25) is 0 Å². The predicted molar refractivity (Wildman–Crippen MR) is 132 cm³/mol. The first-order valence-electron chi connectivity index (χ1n) is 11.0. The average molecular weight is 560 g/mol. The first-order valence-corrected chi connectivity index (χ1v) is 12.1. The molecule has 1 heterocycles. The van der Waals surface area contributed by atoms with Gasteiger partial charge < -0.3 is 9.47 Å². The quantitative estimate of drug-likeness (QED) is 0.302. The largest absolute Gasteiger partial charge is 0.490 e. The molecule has 4 amide bonds. The van der Waals surface area contributed by atoms with Crippen molar-refractivity contribution in [3.63, 3.8) is 0 Å². The molecule has 1 N–H and O–H groups in total. The van der Waals surface area contributed by atoms with Crippen LogP contribution in [-0.2, 0) is 16.2 Å². The minimum absolute atomic E-state index is 0.0577. The molecule has 7 nitrogen and oxygen atoms in total. The van der Waals surface area contributed by atoms with Crippen molar-refractivity contribution >= 4 is 46.5 Å². The summed E-state index contributed by atoms with van der Waals surface area (Å²) in [6.45, 7) is 2.69. The number of nitrogens with zero attached hydrogens (tertiary/aromatic N) is 1. The van der Waals surface area contributed by atoms with Crippen LogP contribution in [0.25, 0.3) is 6.08 Å². The van der Waals surface area contributed by atoms with Crippen LogP contribution >= 0.6 is 22.6 Å². The fraction of sp³-hybridized carbons (Fsp3) is 0.320. The molecule has 33 heavy (non-hydrogen) atoms. The van der Waals surface area contributed by atoms with Crippen molar-refractivity contribution in [2.24, 2.45) is 0 Å². The number of ether oxygens (including phenoxy) is 2. The highest BCUT2D eigenvalue weighted by Crippen LogP contribution is 2.36. The number of halogens is 1. The molecular formula is C25H25IN2O5. The van der Waals surface area contributed by atoms with Crippen LogP contribution in [0.1, 0.15) is 43.7 Å². The molecule has 0 aromatic heterocycles. The summed E-state index contributed by atoms with van der Waals surface area (Å²) in [5.74, 6) is -0.102. The van der Waals surface area contributed by atoms with Crippen molar-refractivity contribution in [3.05, 3.63) is 62.7 Å². The van der Waals surface area contributed by atoms with Crippen LogP contribution in [0.4, 0.5) is 4.79 Å². The van der Waals surface area contributed by atoms with Crippen molar-refractivity contribution in [2.45, 2.75) is 45.3 Å². The van der Waals surface area contributed by atoms with E-state index in [0.29, 0.717) is 30.3 Å². The van der Waals surface area contributed by atoms with Gasteiger partial charge in [0.25, 0.3) is 11.8 Å². The van der Waals surface area contributed by atoms with E-state index < -0.39 is 17.8 Å². The molecule has 2 fully saturated rings. The third-order valence-electron chi connectivity index (χ3n) is 5.69. The second-order valence-electron chi connectivity index (χ2n) is 7.97. The van der Waals surface area contributed by atoms with E-state index in [1.54, 1.807) is 6.07 Å². The van der Waals surface area contributed by atoms with Crippen molar-refractivity contribution in [1.82, 2.24) is 10.2 Å². The van der Waals surface area contributed by atoms with E-state index in [0.717, 1.165) is 34.8 Å². The number of urea groups is 1. The van der Waals surface area contributed by atoms with Crippen LogP contribution in [0, 0.1) is 3.57 Å². The molecule has 1 saturated carbocycles. The molecule has 0 radical (unpaired) electrons. The zero-order valence-corrected chi connectivity index (χ0v) is 20.5. The van der Waals surface area contributed by atoms with Crippen molar-refractivity contribution in [2.75, 3.05) is 6.61 Å². The molecule has 0 unspecified atom stereocenters. The summed E-state index contributed by atoms with van der Waals surface area (Å²) in [5.41, 5.74) is 1.59. The van der Waals surface area contributed by atoms with Gasteiger partial charge in [0, 0.05) is 6.04 Å². The number of nitrogens with one attached hydrogen (secondary N) is 1. The maximum absolute atomic E-state index is 13.1. The molecule has 0 atom stereocenters. The summed E-state index contributed by atoms with van der Waals surface area (Å²) in [6, 6.07) is 12.6. The van der Waals surface area contributed by atoms with E-state index in [-0.39, 0.29) is 11.6 Å². The summed E-state index contributed by atoms with van der Waals surface area (Å²) in [4.78, 5) is 39.1. The number of hydrogen-bond donors (Lipinski definition) is 1. The summed E-state index contributed by atoms with van der Waals surface area (Å²) >= 11 is 2.15. The highest BCUT2D eigenvalue weighted by Gasteiger charge is 2.40. The maximum Gasteiger partial charge on any atom is 0.331 e. The lowest BCUT2D eigenvalue weighted by atomic mass is 10.0. The van der Waals surface area contributed by atoms with Gasteiger partial charge in [-0.2, -0.15) is 0 Å². The normalized spacial score (nSPS) is 18.1. The Morgan fingerprint density at radius 1 is 1.09 bits per heavy atom. The number of carbonyl (C=O) groups is 3. The Bertz CT molecular complexity index is 1090. The molecule has 0 spiro atoms. The van der Waals surface area contributed by atoms with Crippen molar-refractivity contribution < 1.29 is 23.9 Å². The van der Waals surface area contributed by atoms with Crippen LogP contribution in [-0.4, -0.2) is 35.4 Å². The Morgan fingerprint density at radius 3 is 2.52 bits per heavy atom. The first kappa shape index (κ1) is 23.3. The molecule has 0 bridgehead atoms. The average Bonchev–Trinajstić information content (AvgIpc) is 3.31. The van der Waals surface area contributed by atoms with Crippen LogP contribution in [0.5, 0.6) is 11.5 Å². The van der Waals surface area contributed by atoms with Crippen molar-refractivity contribution in [3.8, 4) is 11.5 Å². The number of carbonyl (C=O) groups excluding carboxylic acids is 3. The molecule has 172 valence electrons. The Morgan fingerprint density at radius 2 is 1.82 bits per heavy atom. The van der Waals surface area contributed by atoms with Gasteiger partial charge in [0.05, 0.1) is 10.2 Å². The van der Waals surface area contributed by atoms with Gasteiger partial charge in [-0.05, 0) is 71.7 Å². The highest BCUT2D eigenvalue weighted by atomic mass is 127. The van der Waals surface area contributed by atoms with E-state index in [2.05, 4.69) is 27.9 Å². The summed E-state index contributed by atoms with van der Waals surface area (Å²) < 4.78 is 12.6. The van der Waals surface area contributed by atoms with E-state index in [1.165, 1.54) is 11.0 Å². The van der Waals surface area contributed by atoms with Crippen LogP contribution < -0.4 is 14.8 Å². The van der Waals surface area contributed by atoms with Gasteiger partial charge in [-0.15, -0.1) is 0 Å². The second kappa shape index (κ2) is 10.4. The molecule has 4 rings (SSSR count). The number of rotatable bonds is 7. The molecular weight excluding hydrogens is 535 g/mol. The number of benzene rings is 2. The van der Waals surface area contributed by atoms with Gasteiger partial charge in [-0.1, -0.05) is 43.2 Å². The van der Waals surface area contributed by atoms with Gasteiger partial charge in [-0.3, -0.25) is 19.8 Å². The molecule has 8 heteroatoms. The number of hydrogen-bond acceptors (Lipinski definition) is 5. The molecule has 1 aliphatic carbocycles. The van der Waals surface area contributed by atoms with Gasteiger partial charge >= 0.3 is 6.03 Å². The molecule has 1 saturated heterocycles. The first-order chi connectivity index (χ1) is 16.0. The molecule has 1 aliphatic heterocycles. The Kier molecular flexibility index (Phi) is 7.32. The molecule has 2 aromatic rings. The topological polar surface area (TPSA) is 84.9 Å². The summed E-state index contributed by atoms with van der Waals surface area (Å²) in [7, 11) is 0. The number of imide groups is 2. The lowest BCUT2D eigenvalue weighted by molar-refractivity contribution is -0.131. The SMILES string of the molecule is CCOc1cc(/C=C2\C(=O)NC(=O)N(C3CCCC3)C2=O)cc(I)c1OCc1ccccc1. The van der Waals surface area contributed by atoms with E-state index in [4.69, 9.17) is 9.47 Å². The van der Waals surface area contributed by atoms with E-state index >= 15 is 0 Å². The fourth-order valence-electron chi connectivity index (χ4n) is 4.14. The van der Waals surface area contributed by atoms with Crippen LogP contribution in [0.3, 0.4) is 0 Å². The van der Waals surface area contributed by atoms with Gasteiger partial charge in [0.15, 0.2) is 11.5 Å². The zero-order chi connectivity index (χ0) is 23.4. The number of barbiturate groups is 1. The second-order valence-corrected chi connectivity index (χ2v) is 9.13. The fourth-order valence-corrected chi connectivity index (χ4v) is 4.92. The maximum atomic E-state index is 13.1. The minimum Gasteiger partial charge on any atom is -0.490 e. The Labute approximate surface area is 206 Å². The third kappa shape index (κ3) is 5.21. The third-order valence-corrected chi connectivity index (χ3v) is 6.49. The lowest BCUT2D eigenvalue weighted by Crippen LogP contribution is -2.57. The summed E-state index contributed by atoms with van der Waals surface area (Å²) in [6.07, 6.45) is 4.98. The monoisotopic (exact) mass is 560 g/mol. The molecule has 2 aromatic carbocycles. The standard InChI is InChI=1S/C25H25IN2O5/c1-2-32-21-14-17(13-20(26)22(21)33-15-16-8-4-3-5-9-16)12-19-23(29)27-25(31)28(24(19)30)18-10-6-7-11-18/h3-5,8-9,12-14,18H,2,6-7,10-11,15H2,1H3,(H,27,29,31)/b19-12+. The van der Waals surface area contributed by atoms with Gasteiger partial charge in [0.2, 0.25) is 0 Å². The smallest absolute Gasteiger partial charge is 0.331 e. The highest BCUT2D eigenvalue weighted by molar-refractivity contribution is 14.1. The Balaban J connectivity index is 1.63. The molecule has 2 aliphatic rings. The van der Waals surface area contributed by atoms with Gasteiger partial charge in [-0.25, -0.2) is 4.79 Å². The van der Waals surface area contributed by atoms with Gasteiger partial charge in [0.1, 0.15) is 12.2 Å². The predicted octanol–water partition coefficient (Wildman–Crippen LogP) is 4.67. The Hall–Kier alpha value is -2.88.